The molecule has 0 bridgehead atoms. The minimum Gasteiger partial charge on any atom is -0.444 e. The van der Waals surface area contributed by atoms with Crippen molar-refractivity contribution in [3.8, 4) is 0 Å². The van der Waals surface area contributed by atoms with Crippen molar-refractivity contribution in [2.24, 2.45) is 0 Å². The second-order valence-electron chi connectivity index (χ2n) is 7.09. The lowest BCUT2D eigenvalue weighted by Crippen LogP contribution is -2.44. The molecule has 2 aliphatic rings. The van der Waals surface area contributed by atoms with Gasteiger partial charge in [0, 0.05) is 25.2 Å². The molecule has 20 heavy (non-hydrogen) atoms. The van der Waals surface area contributed by atoms with Crippen molar-refractivity contribution in [3.63, 3.8) is 0 Å². The maximum atomic E-state index is 11.7. The van der Waals surface area contributed by atoms with Crippen molar-refractivity contribution in [1.82, 2.24) is 10.2 Å². The van der Waals surface area contributed by atoms with E-state index in [9.17, 15) is 9.90 Å². The third-order valence-electron chi connectivity index (χ3n) is 4.13. The van der Waals surface area contributed by atoms with Gasteiger partial charge in [-0.1, -0.05) is 0 Å². The lowest BCUT2D eigenvalue weighted by molar-refractivity contribution is 0.0478. The summed E-state index contributed by atoms with van der Waals surface area (Å²) in [7, 11) is 0. The van der Waals surface area contributed by atoms with E-state index < -0.39 is 5.60 Å². The number of carbonyl (C=O) groups is 1. The molecule has 0 unspecified atom stereocenters. The molecule has 1 saturated heterocycles. The zero-order chi connectivity index (χ0) is 14.8. The third kappa shape index (κ3) is 4.63. The molecule has 0 aromatic heterocycles. The minimum atomic E-state index is -0.438. The van der Waals surface area contributed by atoms with Gasteiger partial charge >= 0.3 is 6.09 Å². The van der Waals surface area contributed by atoms with E-state index in [1.54, 1.807) is 0 Å². The van der Waals surface area contributed by atoms with Crippen LogP contribution in [0.5, 0.6) is 0 Å². The molecule has 0 spiro atoms. The van der Waals surface area contributed by atoms with Crippen molar-refractivity contribution in [3.05, 3.63) is 0 Å². The van der Waals surface area contributed by atoms with Gasteiger partial charge in [-0.3, -0.25) is 4.90 Å². The Morgan fingerprint density at radius 3 is 2.35 bits per heavy atom. The highest BCUT2D eigenvalue weighted by Gasteiger charge is 2.31. The van der Waals surface area contributed by atoms with Crippen LogP contribution in [0.2, 0.25) is 0 Å². The Morgan fingerprint density at radius 2 is 1.85 bits per heavy atom. The molecular weight excluding hydrogens is 256 g/mol. The molecule has 0 aromatic carbocycles. The smallest absolute Gasteiger partial charge is 0.407 e. The first-order valence-corrected chi connectivity index (χ1v) is 7.75. The number of hydrogen-bond acceptors (Lipinski definition) is 4. The highest BCUT2D eigenvalue weighted by Crippen LogP contribution is 2.26. The standard InChI is InChI=1S/C15H28N2O3/c1-15(2,3)20-14(19)16-11-4-6-12(7-5-11)17-9-8-13(18)10-17/h11-13,18H,4-10H2,1-3H3,(H,16,19)/t11?,12?,13-/m0/s1. The topological polar surface area (TPSA) is 61.8 Å². The molecule has 1 atom stereocenters. The van der Waals surface area contributed by atoms with E-state index >= 15 is 0 Å². The number of aliphatic hydroxyl groups is 1. The molecule has 1 amide bonds. The van der Waals surface area contributed by atoms with Crippen LogP contribution in [-0.4, -0.2) is 53.0 Å². The van der Waals surface area contributed by atoms with Crippen LogP contribution in [0.3, 0.4) is 0 Å². The van der Waals surface area contributed by atoms with Gasteiger partial charge in [0.05, 0.1) is 6.10 Å². The van der Waals surface area contributed by atoms with Crippen LogP contribution < -0.4 is 5.32 Å². The number of alkyl carbamates (subject to hydrolysis) is 1. The van der Waals surface area contributed by atoms with Crippen molar-refractivity contribution in [2.45, 2.75) is 76.7 Å². The highest BCUT2D eigenvalue weighted by atomic mass is 16.6. The second-order valence-corrected chi connectivity index (χ2v) is 7.09. The summed E-state index contributed by atoms with van der Waals surface area (Å²) in [6, 6.07) is 0.803. The predicted octanol–water partition coefficient (Wildman–Crippen LogP) is 1.89. The first-order valence-electron chi connectivity index (χ1n) is 7.75. The van der Waals surface area contributed by atoms with E-state index in [2.05, 4.69) is 10.2 Å². The zero-order valence-corrected chi connectivity index (χ0v) is 12.9. The van der Waals surface area contributed by atoms with Crippen LogP contribution in [0.4, 0.5) is 4.79 Å². The zero-order valence-electron chi connectivity index (χ0n) is 12.9. The van der Waals surface area contributed by atoms with Crippen LogP contribution in [0.1, 0.15) is 52.9 Å². The first kappa shape index (κ1) is 15.6. The molecule has 1 saturated carbocycles. The number of ether oxygens (including phenoxy) is 1. The Bertz CT molecular complexity index is 333. The van der Waals surface area contributed by atoms with Gasteiger partial charge in [-0.25, -0.2) is 4.79 Å². The predicted molar refractivity (Wildman–Crippen MR) is 77.6 cm³/mol. The number of carbonyl (C=O) groups excluding carboxylic acids is 1. The van der Waals surface area contributed by atoms with Gasteiger partial charge in [0.15, 0.2) is 0 Å². The fraction of sp³-hybridized carbons (Fsp3) is 0.933. The van der Waals surface area contributed by atoms with Crippen LogP contribution >= 0.6 is 0 Å². The van der Waals surface area contributed by atoms with E-state index in [0.29, 0.717) is 6.04 Å². The summed E-state index contributed by atoms with van der Waals surface area (Å²) in [6.45, 7) is 7.46. The number of nitrogens with zero attached hydrogens (tertiary/aromatic N) is 1. The number of hydrogen-bond donors (Lipinski definition) is 2. The fourth-order valence-corrected chi connectivity index (χ4v) is 3.16. The quantitative estimate of drug-likeness (QED) is 0.813. The minimum absolute atomic E-state index is 0.146. The SMILES string of the molecule is CC(C)(C)OC(=O)NC1CCC(N2CC[C@H](O)C2)CC1. The average Bonchev–Trinajstić information content (AvgIpc) is 2.74. The van der Waals surface area contributed by atoms with E-state index in [0.717, 1.165) is 45.2 Å². The van der Waals surface area contributed by atoms with E-state index in [1.165, 1.54) is 0 Å². The van der Waals surface area contributed by atoms with Crippen LogP contribution in [0.15, 0.2) is 0 Å². The van der Waals surface area contributed by atoms with Crippen LogP contribution in [-0.2, 0) is 4.74 Å². The molecule has 1 aliphatic carbocycles. The number of β-amino-alcohol motifs (C(OH)–C–C–N with tert-alkyl or cyclic N) is 1. The molecular formula is C15H28N2O3. The molecule has 0 aromatic rings. The summed E-state index contributed by atoms with van der Waals surface area (Å²) in [4.78, 5) is 14.1. The van der Waals surface area contributed by atoms with Crippen molar-refractivity contribution < 1.29 is 14.6 Å². The Balaban J connectivity index is 1.70. The largest absolute Gasteiger partial charge is 0.444 e. The maximum Gasteiger partial charge on any atom is 0.407 e. The van der Waals surface area contributed by atoms with E-state index in [1.807, 2.05) is 20.8 Å². The Kier molecular flexibility index (Phi) is 4.91. The van der Waals surface area contributed by atoms with Gasteiger partial charge in [0.25, 0.3) is 0 Å². The first-order chi connectivity index (χ1) is 9.33. The molecule has 2 fully saturated rings. The number of aliphatic hydroxyl groups excluding tert-OH is 1. The normalized spacial score (nSPS) is 32.1. The van der Waals surface area contributed by atoms with Gasteiger partial charge in [-0.05, 0) is 52.9 Å². The van der Waals surface area contributed by atoms with E-state index in [4.69, 9.17) is 4.74 Å². The van der Waals surface area contributed by atoms with Crippen LogP contribution in [0.25, 0.3) is 0 Å². The van der Waals surface area contributed by atoms with E-state index in [-0.39, 0.29) is 18.2 Å². The number of rotatable bonds is 2. The van der Waals surface area contributed by atoms with Gasteiger partial charge in [0.2, 0.25) is 0 Å². The molecule has 0 radical (unpaired) electrons. The molecule has 2 N–H and O–H groups in total. The summed E-state index contributed by atoms with van der Waals surface area (Å²) >= 11 is 0. The Labute approximate surface area is 121 Å². The molecule has 2 rings (SSSR count). The highest BCUT2D eigenvalue weighted by molar-refractivity contribution is 5.68. The average molecular weight is 284 g/mol. The second kappa shape index (κ2) is 6.31. The van der Waals surface area contributed by atoms with Crippen molar-refractivity contribution in [1.29, 1.82) is 0 Å². The Hall–Kier alpha value is -0.810. The van der Waals surface area contributed by atoms with Crippen molar-refractivity contribution >= 4 is 6.09 Å². The van der Waals surface area contributed by atoms with Crippen LogP contribution in [0, 0.1) is 0 Å². The lowest BCUT2D eigenvalue weighted by atomic mass is 9.90. The molecule has 5 nitrogen and oxygen atoms in total. The molecule has 1 heterocycles. The number of likely N-dealkylation sites (tertiary alicyclic amines) is 1. The molecule has 1 aliphatic heterocycles. The third-order valence-corrected chi connectivity index (χ3v) is 4.13. The van der Waals surface area contributed by atoms with Gasteiger partial charge in [0.1, 0.15) is 5.60 Å². The molecule has 5 heteroatoms. The fourth-order valence-electron chi connectivity index (χ4n) is 3.16. The van der Waals surface area contributed by atoms with Crippen molar-refractivity contribution in [2.75, 3.05) is 13.1 Å². The summed E-state index contributed by atoms with van der Waals surface area (Å²) in [5.41, 5.74) is -0.438. The summed E-state index contributed by atoms with van der Waals surface area (Å²) < 4.78 is 5.29. The Morgan fingerprint density at radius 1 is 1.20 bits per heavy atom. The number of nitrogens with one attached hydrogen (secondary N) is 1. The summed E-state index contributed by atoms with van der Waals surface area (Å²) in [5.74, 6) is 0. The summed E-state index contributed by atoms with van der Waals surface area (Å²) in [6.07, 6.45) is 4.62. The van der Waals surface area contributed by atoms with Gasteiger partial charge in [-0.2, -0.15) is 0 Å². The van der Waals surface area contributed by atoms with Gasteiger partial charge < -0.3 is 15.2 Å². The molecule has 116 valence electrons. The monoisotopic (exact) mass is 284 g/mol. The number of amides is 1. The van der Waals surface area contributed by atoms with Gasteiger partial charge in [-0.15, -0.1) is 0 Å². The maximum absolute atomic E-state index is 11.7. The lowest BCUT2D eigenvalue weighted by Gasteiger charge is -2.35. The summed E-state index contributed by atoms with van der Waals surface area (Å²) in [5, 5.41) is 12.6.